The molecule has 1 rings (SSSR count). The summed E-state index contributed by atoms with van der Waals surface area (Å²) in [6.45, 7) is 2.50. The van der Waals surface area contributed by atoms with E-state index in [1.165, 1.54) is 12.1 Å². The molecule has 7 heteroatoms. The van der Waals surface area contributed by atoms with Crippen LogP contribution in [0.4, 0.5) is 11.4 Å². The van der Waals surface area contributed by atoms with Crippen LogP contribution in [0.5, 0.6) is 5.75 Å². The van der Waals surface area contributed by atoms with Crippen LogP contribution < -0.4 is 4.74 Å². The predicted octanol–water partition coefficient (Wildman–Crippen LogP) is 3.85. The van der Waals surface area contributed by atoms with Crippen molar-refractivity contribution < 1.29 is 14.6 Å². The minimum Gasteiger partial charge on any atom is -0.487 e. The van der Waals surface area contributed by atoms with Crippen molar-refractivity contribution in [3.63, 3.8) is 0 Å². The van der Waals surface area contributed by atoms with Gasteiger partial charge in [-0.2, -0.15) is 0 Å². The first-order chi connectivity index (χ1) is 9.56. The van der Waals surface area contributed by atoms with Crippen LogP contribution in [0.2, 0.25) is 0 Å². The molecule has 0 unspecified atom stereocenters. The third-order valence-electron chi connectivity index (χ3n) is 2.86. The van der Waals surface area contributed by atoms with Gasteiger partial charge in [0.05, 0.1) is 22.5 Å². The van der Waals surface area contributed by atoms with Crippen LogP contribution in [-0.2, 0) is 0 Å². The first kappa shape index (κ1) is 15.9. The van der Waals surface area contributed by atoms with Crippen molar-refractivity contribution in [3.05, 3.63) is 38.4 Å². The Hall–Kier alpha value is -2.18. The number of non-ortho nitro benzene ring substituents is 1. The lowest BCUT2D eigenvalue weighted by Crippen LogP contribution is -2.01. The monoisotopic (exact) mass is 282 g/mol. The summed E-state index contributed by atoms with van der Waals surface area (Å²) in [4.78, 5) is 20.1. The van der Waals surface area contributed by atoms with Crippen molar-refractivity contribution in [3.8, 4) is 5.75 Å². The summed E-state index contributed by atoms with van der Waals surface area (Å²) in [5, 5.41) is 21.5. The number of ether oxygens (including phenoxy) is 1. The van der Waals surface area contributed by atoms with E-state index < -0.39 is 9.85 Å². The van der Waals surface area contributed by atoms with Crippen LogP contribution in [0.1, 0.15) is 39.0 Å². The first-order valence-electron chi connectivity index (χ1n) is 6.62. The highest BCUT2D eigenvalue weighted by Gasteiger charge is 2.20. The molecular formula is C13H18N2O5. The number of rotatable bonds is 9. The predicted molar refractivity (Wildman–Crippen MR) is 74.0 cm³/mol. The average Bonchev–Trinajstić information content (AvgIpc) is 2.42. The molecule has 0 aliphatic heterocycles. The Labute approximate surface area is 116 Å². The van der Waals surface area contributed by atoms with E-state index >= 15 is 0 Å². The number of nitrogens with zero attached hydrogens (tertiary/aromatic N) is 2. The summed E-state index contributed by atoms with van der Waals surface area (Å²) in [7, 11) is 0. The Morgan fingerprint density at radius 3 is 2.35 bits per heavy atom. The van der Waals surface area contributed by atoms with Crippen LogP contribution in [0.3, 0.4) is 0 Å². The molecule has 0 saturated carbocycles. The maximum Gasteiger partial charge on any atom is 0.317 e. The van der Waals surface area contributed by atoms with E-state index in [1.807, 2.05) is 0 Å². The van der Waals surface area contributed by atoms with Crippen molar-refractivity contribution in [1.82, 2.24) is 0 Å². The van der Waals surface area contributed by atoms with Gasteiger partial charge in [0.25, 0.3) is 5.69 Å². The molecule has 0 aromatic heterocycles. The Morgan fingerprint density at radius 2 is 1.75 bits per heavy atom. The fourth-order valence-corrected chi connectivity index (χ4v) is 1.77. The molecule has 0 bridgehead atoms. The summed E-state index contributed by atoms with van der Waals surface area (Å²) in [6, 6.07) is 3.41. The Morgan fingerprint density at radius 1 is 1.05 bits per heavy atom. The molecule has 0 fully saturated rings. The first-order valence-corrected chi connectivity index (χ1v) is 6.62. The van der Waals surface area contributed by atoms with Gasteiger partial charge in [0, 0.05) is 6.07 Å². The van der Waals surface area contributed by atoms with Gasteiger partial charge in [0.1, 0.15) is 0 Å². The Bertz CT molecular complexity index is 476. The van der Waals surface area contributed by atoms with Crippen LogP contribution >= 0.6 is 0 Å². The van der Waals surface area contributed by atoms with Crippen molar-refractivity contribution in [2.24, 2.45) is 0 Å². The highest BCUT2D eigenvalue weighted by molar-refractivity contribution is 5.53. The maximum absolute atomic E-state index is 10.9. The normalized spacial score (nSPS) is 10.2. The Kier molecular flexibility index (Phi) is 6.42. The summed E-state index contributed by atoms with van der Waals surface area (Å²) < 4.78 is 5.35. The number of nitro benzene ring substituents is 2. The van der Waals surface area contributed by atoms with Crippen molar-refractivity contribution in [2.45, 2.75) is 39.0 Å². The van der Waals surface area contributed by atoms with Crippen LogP contribution in [0, 0.1) is 20.2 Å². The largest absolute Gasteiger partial charge is 0.487 e. The van der Waals surface area contributed by atoms with E-state index in [1.54, 1.807) is 0 Å². The lowest BCUT2D eigenvalue weighted by atomic mass is 10.2. The smallest absolute Gasteiger partial charge is 0.317 e. The topological polar surface area (TPSA) is 95.5 Å². The van der Waals surface area contributed by atoms with Gasteiger partial charge < -0.3 is 4.74 Å². The number of hydrogen-bond acceptors (Lipinski definition) is 5. The standard InChI is InChI=1S/C13H18N2O5/c1-2-3-4-5-6-9-20-13-8-7-11(14(16)17)10-12(13)15(18)19/h7-8,10H,2-6,9H2,1H3. The second-order valence-electron chi connectivity index (χ2n) is 4.43. The van der Waals surface area contributed by atoms with Gasteiger partial charge in [0.2, 0.25) is 0 Å². The van der Waals surface area contributed by atoms with Gasteiger partial charge in [0.15, 0.2) is 5.75 Å². The summed E-state index contributed by atoms with van der Waals surface area (Å²) in [6.07, 6.45) is 5.25. The summed E-state index contributed by atoms with van der Waals surface area (Å²) >= 11 is 0. The van der Waals surface area contributed by atoms with E-state index in [9.17, 15) is 20.2 Å². The summed E-state index contributed by atoms with van der Waals surface area (Å²) in [5.41, 5.74) is -0.681. The van der Waals surface area contributed by atoms with Gasteiger partial charge in [-0.1, -0.05) is 32.6 Å². The molecule has 1 aromatic rings. The lowest BCUT2D eigenvalue weighted by Gasteiger charge is -2.06. The third kappa shape index (κ3) is 4.83. The highest BCUT2D eigenvalue weighted by atomic mass is 16.6. The molecule has 0 N–H and O–H groups in total. The van der Waals surface area contributed by atoms with Crippen LogP contribution in [0.25, 0.3) is 0 Å². The van der Waals surface area contributed by atoms with Crippen LogP contribution in [-0.4, -0.2) is 16.5 Å². The van der Waals surface area contributed by atoms with Gasteiger partial charge in [-0.05, 0) is 12.5 Å². The highest BCUT2D eigenvalue weighted by Crippen LogP contribution is 2.31. The number of nitro groups is 2. The molecule has 0 heterocycles. The molecule has 20 heavy (non-hydrogen) atoms. The van der Waals surface area contributed by atoms with Crippen molar-refractivity contribution >= 4 is 11.4 Å². The van der Waals surface area contributed by atoms with E-state index in [-0.39, 0.29) is 17.1 Å². The maximum atomic E-state index is 10.9. The van der Waals surface area contributed by atoms with Crippen molar-refractivity contribution in [1.29, 1.82) is 0 Å². The zero-order chi connectivity index (χ0) is 15.0. The van der Waals surface area contributed by atoms with E-state index in [4.69, 9.17) is 4.74 Å². The summed E-state index contributed by atoms with van der Waals surface area (Å²) in [5.74, 6) is 0.0797. The zero-order valence-corrected chi connectivity index (χ0v) is 11.4. The van der Waals surface area contributed by atoms with E-state index in [2.05, 4.69) is 6.92 Å². The zero-order valence-electron chi connectivity index (χ0n) is 11.4. The molecule has 0 radical (unpaired) electrons. The quantitative estimate of drug-likeness (QED) is 0.389. The minimum absolute atomic E-state index is 0.0797. The third-order valence-corrected chi connectivity index (χ3v) is 2.86. The van der Waals surface area contributed by atoms with Crippen LogP contribution in [0.15, 0.2) is 18.2 Å². The molecule has 7 nitrogen and oxygen atoms in total. The van der Waals surface area contributed by atoms with Gasteiger partial charge in [-0.25, -0.2) is 0 Å². The van der Waals surface area contributed by atoms with E-state index in [0.29, 0.717) is 6.61 Å². The molecule has 1 aromatic carbocycles. The SMILES string of the molecule is CCCCCCCOc1ccc([N+](=O)[O-])cc1[N+](=O)[O-]. The minimum atomic E-state index is -0.667. The van der Waals surface area contributed by atoms with Gasteiger partial charge >= 0.3 is 5.69 Å². The lowest BCUT2D eigenvalue weighted by molar-refractivity contribution is -0.394. The number of unbranched alkanes of at least 4 members (excludes halogenated alkanes) is 4. The van der Waals surface area contributed by atoms with Gasteiger partial charge in [-0.3, -0.25) is 20.2 Å². The number of benzene rings is 1. The molecule has 0 saturated heterocycles. The molecule has 0 aliphatic carbocycles. The van der Waals surface area contributed by atoms with Crippen molar-refractivity contribution in [2.75, 3.05) is 6.61 Å². The fraction of sp³-hybridized carbons (Fsp3) is 0.538. The second kappa shape index (κ2) is 8.08. The molecule has 0 atom stereocenters. The Balaban J connectivity index is 2.60. The van der Waals surface area contributed by atoms with E-state index in [0.717, 1.165) is 38.2 Å². The molecule has 110 valence electrons. The average molecular weight is 282 g/mol. The molecular weight excluding hydrogens is 264 g/mol. The molecule has 0 aliphatic rings. The number of hydrogen-bond donors (Lipinski definition) is 0. The molecule has 0 spiro atoms. The van der Waals surface area contributed by atoms with Gasteiger partial charge in [-0.15, -0.1) is 0 Å². The fourth-order valence-electron chi connectivity index (χ4n) is 1.77. The molecule has 0 amide bonds. The second-order valence-corrected chi connectivity index (χ2v) is 4.43.